The molecule has 0 spiro atoms. The first-order valence-electron chi connectivity index (χ1n) is 8.14. The van der Waals surface area contributed by atoms with Crippen molar-refractivity contribution in [1.29, 1.82) is 0 Å². The summed E-state index contributed by atoms with van der Waals surface area (Å²) < 4.78 is 0. The third-order valence-electron chi connectivity index (χ3n) is 4.95. The fourth-order valence-corrected chi connectivity index (χ4v) is 4.76. The first-order chi connectivity index (χ1) is 10.2. The molecule has 1 heterocycles. The summed E-state index contributed by atoms with van der Waals surface area (Å²) in [6.45, 7) is 2.09. The van der Waals surface area contributed by atoms with Crippen molar-refractivity contribution >= 4 is 17.2 Å². The van der Waals surface area contributed by atoms with Crippen molar-refractivity contribution in [3.05, 3.63) is 16.1 Å². The lowest BCUT2D eigenvalue weighted by atomic mass is 9.67. The van der Waals surface area contributed by atoms with Crippen LogP contribution in [0.5, 0.6) is 0 Å². The molecule has 3 N–H and O–H groups in total. The second kappa shape index (κ2) is 6.44. The number of carbonyl (C=O) groups excluding carboxylic acids is 1. The smallest absolute Gasteiger partial charge is 0.226 e. The number of fused-ring (bicyclic) bond motifs is 2. The normalized spacial score (nSPS) is 31.9. The maximum Gasteiger partial charge on any atom is 0.226 e. The first-order valence-corrected chi connectivity index (χ1v) is 9.02. The van der Waals surface area contributed by atoms with Gasteiger partial charge in [-0.1, -0.05) is 13.3 Å². The van der Waals surface area contributed by atoms with Gasteiger partial charge in [-0.25, -0.2) is 4.98 Å². The van der Waals surface area contributed by atoms with Crippen LogP contribution in [0.3, 0.4) is 0 Å². The van der Waals surface area contributed by atoms with Crippen LogP contribution in [-0.4, -0.2) is 23.0 Å². The fourth-order valence-electron chi connectivity index (χ4n) is 4.02. The van der Waals surface area contributed by atoms with Crippen LogP contribution in [0.1, 0.15) is 49.7 Å². The largest absolute Gasteiger partial charge is 0.352 e. The number of aryl methyl sites for hydroxylation is 1. The highest BCUT2D eigenvalue weighted by molar-refractivity contribution is 7.09. The number of aromatic nitrogens is 1. The minimum atomic E-state index is 0.125. The Morgan fingerprint density at radius 2 is 2.14 bits per heavy atom. The summed E-state index contributed by atoms with van der Waals surface area (Å²) in [5.41, 5.74) is 7.05. The van der Waals surface area contributed by atoms with Gasteiger partial charge in [-0.3, -0.25) is 4.79 Å². The Balaban J connectivity index is 1.59. The van der Waals surface area contributed by atoms with E-state index in [1.54, 1.807) is 11.3 Å². The summed E-state index contributed by atoms with van der Waals surface area (Å²) >= 11 is 1.65. The quantitative estimate of drug-likeness (QED) is 0.896. The second-order valence-electron chi connectivity index (χ2n) is 6.54. The number of hydrogen-bond acceptors (Lipinski definition) is 4. The Morgan fingerprint density at radius 3 is 2.76 bits per heavy atom. The van der Waals surface area contributed by atoms with Gasteiger partial charge < -0.3 is 11.1 Å². The molecule has 0 saturated heterocycles. The summed E-state index contributed by atoms with van der Waals surface area (Å²) in [5.74, 6) is 1.29. The topological polar surface area (TPSA) is 68.0 Å². The number of nitrogens with one attached hydrogen (secondary N) is 1. The molecule has 1 aromatic rings. The molecule has 0 aliphatic heterocycles. The second-order valence-corrected chi connectivity index (χ2v) is 7.48. The van der Waals surface area contributed by atoms with Gasteiger partial charge in [0.05, 0.1) is 17.1 Å². The molecule has 2 aliphatic rings. The Labute approximate surface area is 130 Å². The Kier molecular flexibility index (Phi) is 4.60. The average molecular weight is 307 g/mol. The van der Waals surface area contributed by atoms with Crippen LogP contribution in [0, 0.1) is 11.8 Å². The van der Waals surface area contributed by atoms with Crippen molar-refractivity contribution in [2.75, 3.05) is 0 Å². The summed E-state index contributed by atoms with van der Waals surface area (Å²) in [7, 11) is 0. The van der Waals surface area contributed by atoms with Gasteiger partial charge in [-0.15, -0.1) is 11.3 Å². The van der Waals surface area contributed by atoms with E-state index in [0.29, 0.717) is 30.3 Å². The zero-order valence-corrected chi connectivity index (χ0v) is 13.5. The van der Waals surface area contributed by atoms with E-state index in [1.807, 2.05) is 5.38 Å². The third kappa shape index (κ3) is 3.46. The highest BCUT2D eigenvalue weighted by Crippen LogP contribution is 2.39. The average Bonchev–Trinajstić information content (AvgIpc) is 2.87. The van der Waals surface area contributed by atoms with E-state index in [2.05, 4.69) is 17.2 Å². The third-order valence-corrected chi connectivity index (χ3v) is 5.99. The van der Waals surface area contributed by atoms with Gasteiger partial charge in [-0.2, -0.15) is 0 Å². The van der Waals surface area contributed by atoms with E-state index in [1.165, 1.54) is 19.3 Å². The lowest BCUT2D eigenvalue weighted by Crippen LogP contribution is -2.54. The predicted octanol–water partition coefficient (Wildman–Crippen LogP) is 2.27. The number of thiazole rings is 1. The van der Waals surface area contributed by atoms with E-state index in [9.17, 15) is 4.79 Å². The molecule has 2 atom stereocenters. The van der Waals surface area contributed by atoms with Crippen molar-refractivity contribution in [2.45, 2.75) is 64.0 Å². The number of amides is 1. The van der Waals surface area contributed by atoms with Crippen LogP contribution >= 0.6 is 11.3 Å². The van der Waals surface area contributed by atoms with Crippen LogP contribution in [0.4, 0.5) is 0 Å². The van der Waals surface area contributed by atoms with Gasteiger partial charge in [0, 0.05) is 17.5 Å². The summed E-state index contributed by atoms with van der Waals surface area (Å²) in [5, 5.41) is 6.41. The molecule has 21 heavy (non-hydrogen) atoms. The van der Waals surface area contributed by atoms with Gasteiger partial charge in [0.25, 0.3) is 0 Å². The number of nitrogens with zero attached hydrogens (tertiary/aromatic N) is 1. The minimum absolute atomic E-state index is 0.125. The van der Waals surface area contributed by atoms with Gasteiger partial charge >= 0.3 is 0 Å². The lowest BCUT2D eigenvalue weighted by molar-refractivity contribution is -0.122. The van der Waals surface area contributed by atoms with Crippen molar-refractivity contribution in [3.63, 3.8) is 0 Å². The Bertz CT molecular complexity index is 487. The standard InChI is InChI=1S/C16H25N3OS/c1-2-15-18-13(9-21-15)8-14(20)19-16-10-4-3-5-11(16)7-12(17)6-10/h9-12,16H,2-8,17H2,1H3,(H,19,20). The van der Waals surface area contributed by atoms with E-state index in [4.69, 9.17) is 5.73 Å². The van der Waals surface area contributed by atoms with Crippen LogP contribution in [-0.2, 0) is 17.6 Å². The zero-order valence-electron chi connectivity index (χ0n) is 12.7. The monoisotopic (exact) mass is 307 g/mol. The molecule has 2 fully saturated rings. The first kappa shape index (κ1) is 15.0. The maximum absolute atomic E-state index is 12.3. The van der Waals surface area contributed by atoms with Crippen molar-refractivity contribution < 1.29 is 4.79 Å². The molecule has 2 saturated carbocycles. The molecule has 5 heteroatoms. The molecule has 2 unspecified atom stereocenters. The Morgan fingerprint density at radius 1 is 1.43 bits per heavy atom. The van der Waals surface area contributed by atoms with Gasteiger partial charge in [0.15, 0.2) is 0 Å². The molecule has 3 rings (SSSR count). The molecule has 1 aromatic heterocycles. The van der Waals surface area contributed by atoms with Crippen LogP contribution < -0.4 is 11.1 Å². The van der Waals surface area contributed by atoms with E-state index in [-0.39, 0.29) is 5.91 Å². The number of carbonyl (C=O) groups is 1. The molecular weight excluding hydrogens is 282 g/mol. The fraction of sp³-hybridized carbons (Fsp3) is 0.750. The van der Waals surface area contributed by atoms with Crippen LogP contribution in [0.15, 0.2) is 5.38 Å². The van der Waals surface area contributed by atoms with Gasteiger partial charge in [0.2, 0.25) is 5.91 Å². The van der Waals surface area contributed by atoms with Crippen molar-refractivity contribution in [2.24, 2.45) is 17.6 Å². The van der Waals surface area contributed by atoms with Crippen molar-refractivity contribution in [3.8, 4) is 0 Å². The number of rotatable bonds is 4. The molecule has 0 radical (unpaired) electrons. The highest BCUT2D eigenvalue weighted by atomic mass is 32.1. The molecule has 2 aliphatic carbocycles. The number of nitrogens with two attached hydrogens (primary N) is 1. The summed E-state index contributed by atoms with van der Waals surface area (Å²) in [6.07, 6.45) is 7.21. The molecule has 4 nitrogen and oxygen atoms in total. The highest BCUT2D eigenvalue weighted by Gasteiger charge is 2.39. The molecule has 2 bridgehead atoms. The van der Waals surface area contributed by atoms with Crippen LogP contribution in [0.2, 0.25) is 0 Å². The number of hydrogen-bond donors (Lipinski definition) is 2. The lowest BCUT2D eigenvalue weighted by Gasteiger charge is -2.45. The SMILES string of the molecule is CCc1nc(CC(=O)NC2C3CCCC2CC(N)C3)cs1. The summed E-state index contributed by atoms with van der Waals surface area (Å²) in [4.78, 5) is 16.8. The Hall–Kier alpha value is -0.940. The summed E-state index contributed by atoms with van der Waals surface area (Å²) in [6, 6.07) is 0.675. The van der Waals surface area contributed by atoms with Crippen LogP contribution in [0.25, 0.3) is 0 Å². The van der Waals surface area contributed by atoms with Gasteiger partial charge in [0.1, 0.15) is 0 Å². The molecular formula is C16H25N3OS. The van der Waals surface area contributed by atoms with E-state index < -0.39 is 0 Å². The minimum Gasteiger partial charge on any atom is -0.352 e. The van der Waals surface area contributed by atoms with Gasteiger partial charge in [-0.05, 0) is 43.9 Å². The molecule has 1 amide bonds. The predicted molar refractivity (Wildman–Crippen MR) is 85.2 cm³/mol. The van der Waals surface area contributed by atoms with E-state index in [0.717, 1.165) is 30.0 Å². The van der Waals surface area contributed by atoms with E-state index >= 15 is 0 Å². The van der Waals surface area contributed by atoms with Crippen molar-refractivity contribution in [1.82, 2.24) is 10.3 Å². The maximum atomic E-state index is 12.3. The molecule has 0 aromatic carbocycles. The molecule has 116 valence electrons. The zero-order chi connectivity index (χ0) is 14.8.